The molecule has 3 heterocycles. The Hall–Kier alpha value is -5.15. The van der Waals surface area contributed by atoms with E-state index in [9.17, 15) is 0 Å². The molecule has 3 aliphatic heterocycles. The Morgan fingerprint density at radius 3 is 1.67 bits per heavy atom. The van der Waals surface area contributed by atoms with Crippen molar-refractivity contribution in [3.63, 3.8) is 0 Å². The van der Waals surface area contributed by atoms with Crippen LogP contribution in [0.3, 0.4) is 0 Å². The maximum atomic E-state index is 5.03. The van der Waals surface area contributed by atoms with Crippen LogP contribution in [-0.2, 0) is 12.8 Å². The molecule has 9 rings (SSSR count). The molecule has 6 aromatic carbocycles. The fourth-order valence-electron chi connectivity index (χ4n) is 8.01. The average molecular weight is 596 g/mol. The largest absolute Gasteiger partial charge is 0.341 e. The highest BCUT2D eigenvalue weighted by atomic mass is 15.1. The lowest BCUT2D eigenvalue weighted by molar-refractivity contribution is 0.767. The summed E-state index contributed by atoms with van der Waals surface area (Å²) < 4.78 is 0. The van der Waals surface area contributed by atoms with Crippen LogP contribution in [0, 0.1) is 0 Å². The van der Waals surface area contributed by atoms with Gasteiger partial charge in [-0.15, -0.1) is 0 Å². The molecule has 0 bridgehead atoms. The molecule has 0 unspecified atom stereocenters. The van der Waals surface area contributed by atoms with Crippen LogP contribution in [-0.4, -0.2) is 19.3 Å². The molecule has 46 heavy (non-hydrogen) atoms. The van der Waals surface area contributed by atoms with Gasteiger partial charge in [0.25, 0.3) is 0 Å². The number of anilines is 4. The van der Waals surface area contributed by atoms with Crippen LogP contribution in [0.15, 0.2) is 126 Å². The lowest BCUT2D eigenvalue weighted by Crippen LogP contribution is -2.24. The first-order valence-corrected chi connectivity index (χ1v) is 16.9. The van der Waals surface area contributed by atoms with Gasteiger partial charge in [0.2, 0.25) is 0 Å². The highest BCUT2D eigenvalue weighted by Crippen LogP contribution is 2.46. The second kappa shape index (κ2) is 11.3. The SMILES string of the molecule is C1=NC(c2c3cc(N4CCCc5ccccc54)ccc3c(-c3ccccc3)c3cc(N4CCCc5ccccc54)ccc23)=CCC1. The fraction of sp³-hybridized carbons (Fsp3) is 0.186. The molecule has 0 aliphatic carbocycles. The predicted octanol–water partition coefficient (Wildman–Crippen LogP) is 11.0. The number of para-hydroxylation sites is 2. The zero-order chi connectivity index (χ0) is 30.5. The minimum atomic E-state index is 0.996. The van der Waals surface area contributed by atoms with Crippen molar-refractivity contribution >= 4 is 56.2 Å². The first-order chi connectivity index (χ1) is 22.8. The van der Waals surface area contributed by atoms with Crippen molar-refractivity contribution in [3.8, 4) is 11.1 Å². The number of aryl methyl sites for hydroxylation is 2. The summed E-state index contributed by atoms with van der Waals surface area (Å²) in [6, 6.07) is 43.1. The van der Waals surface area contributed by atoms with E-state index in [4.69, 9.17) is 4.99 Å². The van der Waals surface area contributed by atoms with E-state index in [0.29, 0.717) is 0 Å². The minimum absolute atomic E-state index is 0.996. The first kappa shape index (κ1) is 27.2. The lowest BCUT2D eigenvalue weighted by Gasteiger charge is -2.32. The second-order valence-electron chi connectivity index (χ2n) is 12.8. The van der Waals surface area contributed by atoms with Crippen LogP contribution < -0.4 is 9.80 Å². The summed E-state index contributed by atoms with van der Waals surface area (Å²) in [5.74, 6) is 0. The summed E-state index contributed by atoms with van der Waals surface area (Å²) in [5, 5.41) is 5.10. The number of allylic oxidation sites excluding steroid dienone is 1. The number of aliphatic imine (C=N–C) groups is 1. The van der Waals surface area contributed by atoms with Crippen molar-refractivity contribution in [3.05, 3.63) is 138 Å². The lowest BCUT2D eigenvalue weighted by atomic mass is 9.86. The Labute approximate surface area is 271 Å². The smallest absolute Gasteiger partial charge is 0.0670 e. The monoisotopic (exact) mass is 595 g/mol. The summed E-state index contributed by atoms with van der Waals surface area (Å²) in [4.78, 5) is 10.1. The van der Waals surface area contributed by atoms with Gasteiger partial charge in [0.1, 0.15) is 0 Å². The van der Waals surface area contributed by atoms with Gasteiger partial charge >= 0.3 is 0 Å². The number of nitrogens with zero attached hydrogens (tertiary/aromatic N) is 3. The number of hydrogen-bond acceptors (Lipinski definition) is 3. The molecule has 0 radical (unpaired) electrons. The van der Waals surface area contributed by atoms with Crippen LogP contribution in [0.25, 0.3) is 38.4 Å². The molecule has 0 N–H and O–H groups in total. The Morgan fingerprint density at radius 1 is 0.500 bits per heavy atom. The van der Waals surface area contributed by atoms with Crippen molar-refractivity contribution in [2.75, 3.05) is 22.9 Å². The van der Waals surface area contributed by atoms with E-state index < -0.39 is 0 Å². The van der Waals surface area contributed by atoms with E-state index in [1.165, 1.54) is 72.1 Å². The number of hydrogen-bond donors (Lipinski definition) is 0. The van der Waals surface area contributed by atoms with Crippen molar-refractivity contribution in [2.24, 2.45) is 4.99 Å². The second-order valence-corrected chi connectivity index (χ2v) is 12.8. The van der Waals surface area contributed by atoms with Gasteiger partial charge < -0.3 is 9.80 Å². The van der Waals surface area contributed by atoms with Gasteiger partial charge in [-0.25, -0.2) is 0 Å². The molecular formula is C43H37N3. The Morgan fingerprint density at radius 2 is 1.07 bits per heavy atom. The van der Waals surface area contributed by atoms with Crippen LogP contribution in [0.1, 0.15) is 42.4 Å². The van der Waals surface area contributed by atoms with E-state index in [1.54, 1.807) is 0 Å². The molecule has 0 atom stereocenters. The van der Waals surface area contributed by atoms with Gasteiger partial charge in [0.15, 0.2) is 0 Å². The van der Waals surface area contributed by atoms with E-state index in [1.807, 2.05) is 0 Å². The quantitative estimate of drug-likeness (QED) is 0.189. The van der Waals surface area contributed by atoms with E-state index in [2.05, 4.69) is 137 Å². The fourth-order valence-corrected chi connectivity index (χ4v) is 8.01. The summed E-state index contributed by atoms with van der Waals surface area (Å²) in [5.41, 5.74) is 12.9. The van der Waals surface area contributed by atoms with E-state index in [0.717, 1.165) is 57.3 Å². The molecule has 3 nitrogen and oxygen atoms in total. The van der Waals surface area contributed by atoms with Gasteiger partial charge in [-0.05, 0) is 119 Å². The molecule has 6 aromatic rings. The van der Waals surface area contributed by atoms with Crippen LogP contribution >= 0.6 is 0 Å². The van der Waals surface area contributed by atoms with Crippen molar-refractivity contribution in [1.82, 2.24) is 0 Å². The average Bonchev–Trinajstić information content (AvgIpc) is 3.13. The molecule has 0 amide bonds. The van der Waals surface area contributed by atoms with Crippen LogP contribution in [0.4, 0.5) is 22.7 Å². The van der Waals surface area contributed by atoms with Crippen molar-refractivity contribution in [2.45, 2.75) is 38.5 Å². The molecule has 0 spiro atoms. The molecule has 0 aromatic heterocycles. The zero-order valence-electron chi connectivity index (χ0n) is 26.1. The molecule has 0 saturated heterocycles. The van der Waals surface area contributed by atoms with E-state index >= 15 is 0 Å². The summed E-state index contributed by atoms with van der Waals surface area (Å²) in [6.07, 6.45) is 11.1. The third-order valence-electron chi connectivity index (χ3n) is 10.1. The minimum Gasteiger partial charge on any atom is -0.341 e. The Balaban J connectivity index is 1.33. The number of fused-ring (bicyclic) bond motifs is 4. The van der Waals surface area contributed by atoms with Gasteiger partial charge in [-0.2, -0.15) is 0 Å². The highest BCUT2D eigenvalue weighted by Gasteiger charge is 2.24. The maximum absolute atomic E-state index is 5.03. The van der Waals surface area contributed by atoms with Crippen LogP contribution in [0.2, 0.25) is 0 Å². The van der Waals surface area contributed by atoms with Crippen LogP contribution in [0.5, 0.6) is 0 Å². The normalized spacial score (nSPS) is 16.0. The highest BCUT2D eigenvalue weighted by molar-refractivity contribution is 6.20. The summed E-state index contributed by atoms with van der Waals surface area (Å²) >= 11 is 0. The van der Waals surface area contributed by atoms with E-state index in [-0.39, 0.29) is 0 Å². The third-order valence-corrected chi connectivity index (χ3v) is 10.1. The molecular weight excluding hydrogens is 558 g/mol. The molecule has 0 saturated carbocycles. The molecule has 3 aliphatic rings. The summed E-state index contributed by atoms with van der Waals surface area (Å²) in [7, 11) is 0. The number of rotatable bonds is 4. The maximum Gasteiger partial charge on any atom is 0.0670 e. The van der Waals surface area contributed by atoms with Gasteiger partial charge in [-0.1, -0.05) is 84.9 Å². The Kier molecular flexibility index (Phi) is 6.70. The third kappa shape index (κ3) is 4.53. The first-order valence-electron chi connectivity index (χ1n) is 16.9. The van der Waals surface area contributed by atoms with Crippen molar-refractivity contribution < 1.29 is 0 Å². The standard InChI is InChI=1S/C43H37N3/c1-2-14-32(15-3-1)42-35-23-21-34(46-27-11-17-31-13-5-7-20-41(31)46)29-38(35)43(39-18-8-9-25-44-39)36-24-22-33(28-37(36)42)45-26-10-16-30-12-4-6-19-40(30)45/h1-7,12-15,18-25,28-29H,8-11,16-17,26-27H2. The molecule has 224 valence electrons. The number of benzene rings is 6. The van der Waals surface area contributed by atoms with Crippen molar-refractivity contribution in [1.29, 1.82) is 0 Å². The molecule has 3 heteroatoms. The van der Waals surface area contributed by atoms with Gasteiger partial charge in [0.05, 0.1) is 5.70 Å². The topological polar surface area (TPSA) is 18.8 Å². The Bertz CT molecular complexity index is 2170. The zero-order valence-corrected chi connectivity index (χ0v) is 26.1. The van der Waals surface area contributed by atoms with Gasteiger partial charge in [-0.3, -0.25) is 4.99 Å². The summed E-state index contributed by atoms with van der Waals surface area (Å²) in [6.45, 7) is 2.05. The molecule has 0 fully saturated rings. The predicted molar refractivity (Wildman–Crippen MR) is 196 cm³/mol. The van der Waals surface area contributed by atoms with Gasteiger partial charge in [0, 0.05) is 47.6 Å².